The van der Waals surface area contributed by atoms with Crippen molar-refractivity contribution in [1.82, 2.24) is 13.2 Å². The molecule has 0 aliphatic rings. The maximum Gasteiger partial charge on any atom is 0.0991 e. The Morgan fingerprint density at radius 3 is 1.09 bits per heavy atom. The molecule has 0 unspecified atom stereocenters. The predicted octanol–water partition coefficient (Wildman–Crippen LogP) is 27.9. The van der Waals surface area contributed by atoms with E-state index in [4.69, 9.17) is 0 Å². The predicted molar refractivity (Wildman–Crippen MR) is 453 cm³/mol. The molecule has 0 fully saturated rings. The molecule has 4 nitrogen and oxygen atoms in total. The Kier molecular flexibility index (Phi) is 11.2. The minimum absolute atomic E-state index is 0.642. The van der Waals surface area contributed by atoms with Gasteiger partial charge in [0.1, 0.15) is 0 Å². The molecule has 0 saturated carbocycles. The summed E-state index contributed by atoms with van der Waals surface area (Å²) in [4.78, 5) is 0. The molecule has 0 atom stereocenters. The zero-order chi connectivity index (χ0) is 69.6. The zero-order valence-electron chi connectivity index (χ0n) is 57.6. The number of nitrogens with zero attached hydrogens (tertiary/aromatic N) is 4. The number of para-hydroxylation sites is 1. The van der Waals surface area contributed by atoms with Gasteiger partial charge < -0.3 is 13.2 Å². The second kappa shape index (κ2) is 20.9. The summed E-state index contributed by atoms with van der Waals surface area (Å²) in [5.74, 6) is 0. The number of hydrogen-bond acceptors (Lipinski definition) is 1. The van der Waals surface area contributed by atoms with Gasteiger partial charge in [-0.2, -0.15) is 5.26 Å². The van der Waals surface area contributed by atoms with Crippen molar-refractivity contribution in [3.8, 4) is 72.8 Å². The first kappa shape index (κ1) is 57.2. The van der Waals surface area contributed by atoms with Crippen molar-refractivity contribution in [3.05, 3.63) is 345 Å². The average Bonchev–Trinajstić information content (AvgIpc) is 1.54. The number of fused-ring (bicyclic) bond motifs is 30. The molecule has 6 heterocycles. The fourth-order valence-corrected chi connectivity index (χ4v) is 19.7. The molecule has 488 valence electrons. The van der Waals surface area contributed by atoms with E-state index in [0.717, 1.165) is 16.7 Å². The molecule has 0 saturated heterocycles. The third-order valence-corrected chi connectivity index (χ3v) is 24.3. The van der Waals surface area contributed by atoms with Crippen molar-refractivity contribution < 1.29 is 0 Å². The highest BCUT2D eigenvalue weighted by molar-refractivity contribution is 6.34. The van der Waals surface area contributed by atoms with E-state index in [1.807, 2.05) is 18.2 Å². The lowest BCUT2D eigenvalue weighted by molar-refractivity contribution is 1.37. The van der Waals surface area contributed by atoms with E-state index >= 15 is 0 Å². The van der Waals surface area contributed by atoms with Crippen LogP contribution in [0.4, 0.5) is 0 Å². The van der Waals surface area contributed by atoms with Gasteiger partial charge in [0.25, 0.3) is 0 Å². The Morgan fingerprint density at radius 1 is 0.178 bits per heavy atom. The van der Waals surface area contributed by atoms with Gasteiger partial charge in [0.2, 0.25) is 0 Å². The van der Waals surface area contributed by atoms with E-state index in [0.29, 0.717) is 5.56 Å². The number of benzene rings is 19. The lowest BCUT2D eigenvalue weighted by Gasteiger charge is -2.12. The van der Waals surface area contributed by atoms with Crippen LogP contribution >= 0.6 is 0 Å². The number of rotatable bonds is 6. The number of hydrogen-bond donors (Lipinski definition) is 0. The fraction of sp³-hybridized carbons (Fsp3) is 0. The third-order valence-electron chi connectivity index (χ3n) is 24.3. The molecular weight excluding hydrogens is 1290 g/mol. The molecule has 0 aliphatic carbocycles. The Balaban J connectivity index is 0.644. The monoisotopic (exact) mass is 1350 g/mol. The Bertz CT molecular complexity index is 8290. The molecule has 4 heteroatoms. The third kappa shape index (κ3) is 7.73. The minimum atomic E-state index is 0.642. The number of aromatic nitrogens is 3. The molecule has 25 aromatic rings. The minimum Gasteiger partial charge on any atom is -0.308 e. The summed E-state index contributed by atoms with van der Waals surface area (Å²) in [7, 11) is 0. The summed E-state index contributed by atoms with van der Waals surface area (Å²) < 4.78 is 7.54. The molecule has 0 bridgehead atoms. The summed E-state index contributed by atoms with van der Waals surface area (Å²) in [5, 5.41) is 40.2. The van der Waals surface area contributed by atoms with Gasteiger partial charge in [0, 0.05) is 64.6 Å². The quantitative estimate of drug-likeness (QED) is 0.153. The first-order valence-electron chi connectivity index (χ1n) is 37.0. The fourth-order valence-electron chi connectivity index (χ4n) is 19.7. The lowest BCUT2D eigenvalue weighted by Crippen LogP contribution is -1.86. The average molecular weight is 1350 g/mol. The van der Waals surface area contributed by atoms with Crippen LogP contribution in [0.3, 0.4) is 0 Å². The van der Waals surface area contributed by atoms with Gasteiger partial charge in [-0.25, -0.2) is 0 Å². The van der Waals surface area contributed by atoms with Crippen LogP contribution < -0.4 is 0 Å². The molecule has 0 amide bonds. The normalized spacial score (nSPS) is 12.5. The molecule has 6 aromatic heterocycles. The first-order valence-corrected chi connectivity index (χ1v) is 37.0. The molecular formula is C103H56N4. The summed E-state index contributed by atoms with van der Waals surface area (Å²) >= 11 is 0. The molecule has 25 rings (SSSR count). The van der Waals surface area contributed by atoms with Crippen molar-refractivity contribution in [2.75, 3.05) is 0 Å². The summed E-state index contributed by atoms with van der Waals surface area (Å²) in [5.41, 5.74) is 25.7. The standard InChI is InChI=1S/C103H56N4/c104-57-58-15-14-19-61(45-58)69-51-87-84-49-64(63-30-38-76-68(47-63)35-43-96-100(76)91-56-71(55-86-82-27-12-13-28-92(82)105(96)101(86)91)73-21-7-6-20-72(73)59-16-2-1-3-17-59)34-41-94(84)107-97-44-36-67-46-62(29-37-75(67)99(97)90(53-69)103(87)107)65-33-40-93-85(50-65)88-52-70(54-89-98-74-22-5-4-18-60(74)32-42-95(98)106(93)102(88)89)66-31-39-81-79-25-9-8-23-77(79)78-24-10-11-26-80(78)83(81)48-66/h1-56H. The van der Waals surface area contributed by atoms with E-state index in [-0.39, 0.29) is 0 Å². The topological polar surface area (TPSA) is 37.0 Å². The number of nitriles is 1. The van der Waals surface area contributed by atoms with Crippen LogP contribution in [0.2, 0.25) is 0 Å². The molecule has 19 aromatic carbocycles. The second-order valence-corrected chi connectivity index (χ2v) is 29.7. The zero-order valence-corrected chi connectivity index (χ0v) is 57.6. The summed E-state index contributed by atoms with van der Waals surface area (Å²) in [6, 6.07) is 130. The highest BCUT2D eigenvalue weighted by Crippen LogP contribution is 2.51. The molecule has 107 heavy (non-hydrogen) atoms. The second-order valence-electron chi connectivity index (χ2n) is 29.7. The highest BCUT2D eigenvalue weighted by atomic mass is 14.9. The van der Waals surface area contributed by atoms with Crippen molar-refractivity contribution in [2.24, 2.45) is 0 Å². The Labute approximate surface area is 611 Å². The van der Waals surface area contributed by atoms with Crippen LogP contribution in [-0.4, -0.2) is 13.2 Å². The van der Waals surface area contributed by atoms with Crippen molar-refractivity contribution in [3.63, 3.8) is 0 Å². The molecule has 0 radical (unpaired) electrons. The van der Waals surface area contributed by atoms with Gasteiger partial charge in [-0.3, -0.25) is 0 Å². The maximum absolute atomic E-state index is 10.3. The van der Waals surface area contributed by atoms with Gasteiger partial charge in [-0.1, -0.05) is 224 Å². The molecule has 0 aliphatic heterocycles. The van der Waals surface area contributed by atoms with Crippen LogP contribution in [-0.2, 0) is 0 Å². The van der Waals surface area contributed by atoms with Crippen LogP contribution in [0.25, 0.3) is 246 Å². The largest absolute Gasteiger partial charge is 0.308 e. The SMILES string of the molecule is N#Cc1cccc(-c2cc3c4cc(-c5ccc6c(ccc7c6c6cc(-c8ccccc8-c8ccccc8)cc8c9ccccc9n7c86)c5)ccc4n4c5ccc6cc(-c7ccc8c(c7)c7cc(-c9ccc%10c%11ccccc%11c%11ccccc%11c%10c9)cc9c%10c%11ccccc%11ccc%10n8c79)ccc6c5c(c2)c34)c1. The van der Waals surface area contributed by atoms with E-state index in [9.17, 15) is 5.26 Å². The van der Waals surface area contributed by atoms with Crippen molar-refractivity contribution in [1.29, 1.82) is 5.26 Å². The van der Waals surface area contributed by atoms with Gasteiger partial charge in [0.05, 0.1) is 61.3 Å². The van der Waals surface area contributed by atoms with E-state index in [1.165, 1.54) is 229 Å². The van der Waals surface area contributed by atoms with E-state index in [1.54, 1.807) is 0 Å². The van der Waals surface area contributed by atoms with Crippen LogP contribution in [0, 0.1) is 11.3 Å². The maximum atomic E-state index is 10.3. The molecule has 0 N–H and O–H groups in total. The van der Waals surface area contributed by atoms with Gasteiger partial charge in [0.15, 0.2) is 0 Å². The van der Waals surface area contributed by atoms with Crippen molar-refractivity contribution >= 4 is 179 Å². The van der Waals surface area contributed by atoms with Gasteiger partial charge >= 0.3 is 0 Å². The highest BCUT2D eigenvalue weighted by Gasteiger charge is 2.27. The smallest absolute Gasteiger partial charge is 0.0991 e. The van der Waals surface area contributed by atoms with E-state index < -0.39 is 0 Å². The Hall–Kier alpha value is -14.4. The van der Waals surface area contributed by atoms with E-state index in [2.05, 4.69) is 341 Å². The van der Waals surface area contributed by atoms with Gasteiger partial charge in [-0.05, 0) is 247 Å². The molecule has 0 spiro atoms. The van der Waals surface area contributed by atoms with Crippen LogP contribution in [0.1, 0.15) is 5.56 Å². The van der Waals surface area contributed by atoms with Crippen LogP contribution in [0.5, 0.6) is 0 Å². The Morgan fingerprint density at radius 2 is 0.523 bits per heavy atom. The van der Waals surface area contributed by atoms with Crippen molar-refractivity contribution in [2.45, 2.75) is 0 Å². The van der Waals surface area contributed by atoms with Crippen LogP contribution in [0.15, 0.2) is 340 Å². The summed E-state index contributed by atoms with van der Waals surface area (Å²) in [6.07, 6.45) is 0. The first-order chi connectivity index (χ1) is 53.0. The summed E-state index contributed by atoms with van der Waals surface area (Å²) in [6.45, 7) is 0. The van der Waals surface area contributed by atoms with Gasteiger partial charge in [-0.15, -0.1) is 0 Å². The lowest BCUT2D eigenvalue weighted by atomic mass is 9.91.